The average Bonchev–Trinajstić information content (AvgIpc) is 2.92. The Morgan fingerprint density at radius 3 is 2.20 bits per heavy atom. The summed E-state index contributed by atoms with van der Waals surface area (Å²) in [5.41, 5.74) is 0.985. The van der Waals surface area contributed by atoms with E-state index in [-0.39, 0.29) is 35.2 Å². The summed E-state index contributed by atoms with van der Waals surface area (Å²) in [7, 11) is -2.81. The van der Waals surface area contributed by atoms with Crippen molar-refractivity contribution in [2.45, 2.75) is 64.1 Å². The number of nitrogens with zero attached hydrogens (tertiary/aromatic N) is 2. The smallest absolute Gasteiger partial charge is 0.264 e. The van der Waals surface area contributed by atoms with Gasteiger partial charge in [0.15, 0.2) is 0 Å². The Balaban J connectivity index is 2.12. The second kappa shape index (κ2) is 13.2. The molecule has 0 unspecified atom stereocenters. The number of carbonyl (C=O) groups excluding carboxylic acids is 2. The number of hydrogen-bond acceptors (Lipinski definition) is 5. The summed E-state index contributed by atoms with van der Waals surface area (Å²) in [6.45, 7) is 8.46. The van der Waals surface area contributed by atoms with Gasteiger partial charge in [0.25, 0.3) is 10.0 Å². The molecule has 1 N–H and O–H groups in total. The predicted octanol–water partition coefficient (Wildman–Crippen LogP) is 5.06. The third-order valence-electron chi connectivity index (χ3n) is 6.36. The van der Waals surface area contributed by atoms with E-state index in [1.165, 1.54) is 48.4 Å². The van der Waals surface area contributed by atoms with E-state index in [0.29, 0.717) is 5.56 Å². The number of aryl methyl sites for hydroxylation is 1. The van der Waals surface area contributed by atoms with Crippen LogP contribution in [0.25, 0.3) is 0 Å². The van der Waals surface area contributed by atoms with Crippen LogP contribution in [0.2, 0.25) is 0 Å². The van der Waals surface area contributed by atoms with Gasteiger partial charge in [0.2, 0.25) is 11.8 Å². The largest absolute Gasteiger partial charge is 0.495 e. The van der Waals surface area contributed by atoms with E-state index in [1.807, 2.05) is 27.7 Å². The van der Waals surface area contributed by atoms with Crippen molar-refractivity contribution in [3.8, 4) is 5.75 Å². The van der Waals surface area contributed by atoms with Gasteiger partial charge in [0.05, 0.1) is 17.7 Å². The Morgan fingerprint density at radius 2 is 1.63 bits per heavy atom. The van der Waals surface area contributed by atoms with Gasteiger partial charge in [-0.2, -0.15) is 0 Å². The highest BCUT2D eigenvalue weighted by Gasteiger charge is 2.35. The molecule has 3 aromatic rings. The minimum absolute atomic E-state index is 0.000962. The zero-order valence-electron chi connectivity index (χ0n) is 24.3. The molecule has 0 aliphatic carbocycles. The Hall–Kier alpha value is -3.92. The van der Waals surface area contributed by atoms with Gasteiger partial charge in [-0.15, -0.1) is 0 Å². The van der Waals surface area contributed by atoms with Crippen molar-refractivity contribution in [1.82, 2.24) is 10.2 Å². The van der Waals surface area contributed by atoms with E-state index in [9.17, 15) is 22.4 Å². The predicted molar refractivity (Wildman–Crippen MR) is 158 cm³/mol. The third kappa shape index (κ3) is 8.07. The van der Waals surface area contributed by atoms with Crippen LogP contribution in [0.3, 0.4) is 0 Å². The van der Waals surface area contributed by atoms with Crippen LogP contribution in [-0.2, 0) is 26.2 Å². The molecule has 3 aromatic carbocycles. The molecule has 0 aromatic heterocycles. The molecular weight excluding hydrogens is 545 g/mol. The molecule has 8 nitrogen and oxygen atoms in total. The minimum Gasteiger partial charge on any atom is -0.495 e. The van der Waals surface area contributed by atoms with E-state index in [0.717, 1.165) is 9.87 Å². The number of rotatable bonds is 11. The quantitative estimate of drug-likeness (QED) is 0.341. The standard InChI is InChI=1S/C31H38FN3O5S/c1-7-26(30(37)33-31(3,4)5)34(20-23-14-16-24(32)17-15-23)29(36)21-35(27-19-22(2)13-18-28(27)40-6)41(38,39)25-11-9-8-10-12-25/h8-19,26H,7,20-21H2,1-6H3,(H,33,37)/t26-/m1/s1. The van der Waals surface area contributed by atoms with Crippen LogP contribution in [0.5, 0.6) is 5.75 Å². The Bertz CT molecular complexity index is 1460. The molecule has 0 fully saturated rings. The van der Waals surface area contributed by atoms with Crippen molar-refractivity contribution in [2.24, 2.45) is 0 Å². The summed E-state index contributed by atoms with van der Waals surface area (Å²) >= 11 is 0. The van der Waals surface area contributed by atoms with Gasteiger partial charge in [-0.1, -0.05) is 43.3 Å². The Morgan fingerprint density at radius 1 is 1.00 bits per heavy atom. The molecule has 0 bridgehead atoms. The molecular formula is C31H38FN3O5S. The SMILES string of the molecule is CC[C@H](C(=O)NC(C)(C)C)N(Cc1ccc(F)cc1)C(=O)CN(c1cc(C)ccc1OC)S(=O)(=O)c1ccccc1. The highest BCUT2D eigenvalue weighted by atomic mass is 32.2. The maximum Gasteiger partial charge on any atom is 0.264 e. The molecule has 0 saturated heterocycles. The molecule has 0 saturated carbocycles. The van der Waals surface area contributed by atoms with Gasteiger partial charge in [0, 0.05) is 12.1 Å². The van der Waals surface area contributed by atoms with Gasteiger partial charge in [-0.25, -0.2) is 12.8 Å². The summed E-state index contributed by atoms with van der Waals surface area (Å²) in [5, 5.41) is 2.92. The fourth-order valence-corrected chi connectivity index (χ4v) is 5.82. The zero-order valence-corrected chi connectivity index (χ0v) is 25.2. The van der Waals surface area contributed by atoms with E-state index in [2.05, 4.69) is 5.32 Å². The number of benzene rings is 3. The summed E-state index contributed by atoms with van der Waals surface area (Å²) in [6, 6.07) is 17.6. The van der Waals surface area contributed by atoms with Crippen LogP contribution in [-0.4, -0.2) is 50.4 Å². The fraction of sp³-hybridized carbons (Fsp3) is 0.355. The molecule has 0 heterocycles. The van der Waals surface area contributed by atoms with E-state index in [4.69, 9.17) is 4.74 Å². The summed E-state index contributed by atoms with van der Waals surface area (Å²) in [4.78, 5) is 28.9. The van der Waals surface area contributed by atoms with Gasteiger partial charge in [0.1, 0.15) is 24.2 Å². The maximum absolute atomic E-state index is 14.2. The van der Waals surface area contributed by atoms with Crippen molar-refractivity contribution in [2.75, 3.05) is 18.0 Å². The van der Waals surface area contributed by atoms with E-state index < -0.39 is 39.9 Å². The molecule has 0 aliphatic heterocycles. The second-order valence-electron chi connectivity index (χ2n) is 10.8. The normalized spacial score (nSPS) is 12.4. The van der Waals surface area contributed by atoms with Gasteiger partial charge in [-0.3, -0.25) is 13.9 Å². The Labute approximate surface area is 242 Å². The van der Waals surface area contributed by atoms with Crippen molar-refractivity contribution in [3.63, 3.8) is 0 Å². The van der Waals surface area contributed by atoms with Crippen molar-refractivity contribution < 1.29 is 27.1 Å². The molecule has 2 amide bonds. The van der Waals surface area contributed by atoms with Crippen LogP contribution in [0, 0.1) is 12.7 Å². The molecule has 0 spiro atoms. The first-order chi connectivity index (χ1) is 19.3. The monoisotopic (exact) mass is 583 g/mol. The number of nitrogens with one attached hydrogen (secondary N) is 1. The number of anilines is 1. The van der Waals surface area contributed by atoms with Crippen molar-refractivity contribution >= 4 is 27.5 Å². The number of amides is 2. The van der Waals surface area contributed by atoms with Crippen LogP contribution in [0.1, 0.15) is 45.2 Å². The highest BCUT2D eigenvalue weighted by molar-refractivity contribution is 7.92. The molecule has 3 rings (SSSR count). The number of hydrogen-bond donors (Lipinski definition) is 1. The molecule has 0 aliphatic rings. The van der Waals surface area contributed by atoms with Gasteiger partial charge >= 0.3 is 0 Å². The number of carbonyl (C=O) groups is 2. The van der Waals surface area contributed by atoms with Crippen molar-refractivity contribution in [3.05, 3.63) is 89.7 Å². The number of ether oxygens (including phenoxy) is 1. The lowest BCUT2D eigenvalue weighted by Crippen LogP contribution is -2.55. The van der Waals surface area contributed by atoms with Crippen LogP contribution < -0.4 is 14.4 Å². The molecule has 0 radical (unpaired) electrons. The molecule has 1 atom stereocenters. The third-order valence-corrected chi connectivity index (χ3v) is 8.14. The minimum atomic E-state index is -4.24. The molecule has 41 heavy (non-hydrogen) atoms. The second-order valence-corrected chi connectivity index (χ2v) is 12.7. The first-order valence-corrected chi connectivity index (χ1v) is 14.8. The van der Waals surface area contributed by atoms with Crippen LogP contribution in [0.15, 0.2) is 77.7 Å². The van der Waals surface area contributed by atoms with E-state index >= 15 is 0 Å². The summed E-state index contributed by atoms with van der Waals surface area (Å²) in [5.74, 6) is -1.14. The Kier molecular flexibility index (Phi) is 10.1. The van der Waals surface area contributed by atoms with Crippen LogP contribution in [0.4, 0.5) is 10.1 Å². The first kappa shape index (κ1) is 31.6. The molecule has 10 heteroatoms. The number of sulfonamides is 1. The van der Waals surface area contributed by atoms with Crippen molar-refractivity contribution in [1.29, 1.82) is 0 Å². The lowest BCUT2D eigenvalue weighted by molar-refractivity contribution is -0.141. The average molecular weight is 584 g/mol. The lowest BCUT2D eigenvalue weighted by atomic mass is 10.1. The maximum atomic E-state index is 14.2. The number of methoxy groups -OCH3 is 1. The van der Waals surface area contributed by atoms with Crippen LogP contribution >= 0.6 is 0 Å². The number of halogens is 1. The molecule has 220 valence electrons. The zero-order chi connectivity index (χ0) is 30.4. The fourth-order valence-electron chi connectivity index (χ4n) is 4.39. The topological polar surface area (TPSA) is 96.0 Å². The van der Waals surface area contributed by atoms with E-state index in [1.54, 1.807) is 43.3 Å². The summed E-state index contributed by atoms with van der Waals surface area (Å²) < 4.78 is 48.2. The van der Waals surface area contributed by atoms with Gasteiger partial charge in [-0.05, 0) is 81.6 Å². The highest BCUT2D eigenvalue weighted by Crippen LogP contribution is 2.33. The summed E-state index contributed by atoms with van der Waals surface area (Å²) in [6.07, 6.45) is 0.272. The lowest BCUT2D eigenvalue weighted by Gasteiger charge is -2.35. The first-order valence-electron chi connectivity index (χ1n) is 13.3. The van der Waals surface area contributed by atoms with Gasteiger partial charge < -0.3 is 15.0 Å².